The van der Waals surface area contributed by atoms with E-state index >= 15 is 0 Å². The number of para-hydroxylation sites is 9. The highest BCUT2D eigenvalue weighted by Crippen LogP contribution is 2.54. The maximum absolute atomic E-state index is 2.64. The van der Waals surface area contributed by atoms with Gasteiger partial charge in [0.25, 0.3) is 13.4 Å². The number of nitrogens with zero attached hydrogens (tertiary/aromatic N) is 6. The molecule has 0 fully saturated rings. The van der Waals surface area contributed by atoms with E-state index in [1.54, 1.807) is 0 Å². The molecule has 100 heavy (non-hydrogen) atoms. The first-order valence-electron chi connectivity index (χ1n) is 34.6. The first-order chi connectivity index (χ1) is 49.7. The Balaban J connectivity index is 0.906. The Morgan fingerprint density at radius 2 is 0.490 bits per heavy atom. The molecule has 0 amide bonds. The van der Waals surface area contributed by atoms with Crippen LogP contribution in [0.3, 0.4) is 0 Å². The standard InChI is InChI=1S/C92H62B2N6/c1-9-33-63(34-10-1)89-73-49-25-27-51-75(73)92(76-52-28-26-50-74(76)89)96(66-39-15-4-16-40-66)72-59-86-91-88(60-72)100(70-47-23-8-24-48-70)84-62-83-79(61-80(84)94(91)78-54-30-32-56-82(78)98(86)68-43-19-6-20-44-68)93-77-53-29-31-55-81(77)97(67-41-17-5-18-42-67)85-57-71(58-87(90(85)93)99(83)69-45-21-7-22-46-69)95(64-35-11-2-12-36-64)65-37-13-3-14-38-65/h1-62H. The van der Waals surface area contributed by atoms with E-state index in [2.05, 4.69) is 406 Å². The molecule has 0 unspecified atom stereocenters. The summed E-state index contributed by atoms with van der Waals surface area (Å²) in [6.07, 6.45) is 0. The molecule has 0 saturated carbocycles. The predicted octanol–water partition coefficient (Wildman–Crippen LogP) is 20.8. The molecule has 0 aliphatic carbocycles. The largest absolute Gasteiger partial charge is 0.311 e. The lowest BCUT2D eigenvalue weighted by Crippen LogP contribution is -2.65. The molecule has 0 radical (unpaired) electrons. The van der Waals surface area contributed by atoms with Gasteiger partial charge in [-0.25, -0.2) is 0 Å². The molecule has 4 aliphatic rings. The second-order valence-corrected chi connectivity index (χ2v) is 26.3. The van der Waals surface area contributed by atoms with Crippen LogP contribution in [0, 0.1) is 0 Å². The van der Waals surface area contributed by atoms with E-state index in [-0.39, 0.29) is 13.4 Å². The minimum absolute atomic E-state index is 0.178. The fourth-order valence-electron chi connectivity index (χ4n) is 16.9. The van der Waals surface area contributed by atoms with E-state index in [1.807, 2.05) is 0 Å². The lowest BCUT2D eigenvalue weighted by molar-refractivity contribution is 1.21. The van der Waals surface area contributed by atoms with Crippen LogP contribution in [-0.4, -0.2) is 13.4 Å². The highest BCUT2D eigenvalue weighted by Gasteiger charge is 2.49. The zero-order chi connectivity index (χ0) is 65.8. The normalized spacial score (nSPS) is 12.9. The molecule has 466 valence electrons. The van der Waals surface area contributed by atoms with E-state index in [4.69, 9.17) is 0 Å². The Hall–Kier alpha value is -13.0. The summed E-state index contributed by atoms with van der Waals surface area (Å²) >= 11 is 0. The molecule has 0 saturated heterocycles. The van der Waals surface area contributed by atoms with Crippen LogP contribution in [-0.2, 0) is 0 Å². The second kappa shape index (κ2) is 23.4. The molecule has 16 aromatic carbocycles. The van der Waals surface area contributed by atoms with E-state index in [9.17, 15) is 0 Å². The zero-order valence-corrected chi connectivity index (χ0v) is 54.6. The number of benzene rings is 16. The number of hydrogen-bond donors (Lipinski definition) is 0. The van der Waals surface area contributed by atoms with Gasteiger partial charge in [0, 0.05) is 96.1 Å². The van der Waals surface area contributed by atoms with Gasteiger partial charge in [0.05, 0.1) is 17.1 Å². The third-order valence-corrected chi connectivity index (χ3v) is 20.8. The summed E-state index contributed by atoms with van der Waals surface area (Å²) in [6, 6.07) is 139. The van der Waals surface area contributed by atoms with Crippen LogP contribution in [0.2, 0.25) is 0 Å². The van der Waals surface area contributed by atoms with Gasteiger partial charge in [0.1, 0.15) is 0 Å². The van der Waals surface area contributed by atoms with Gasteiger partial charge in [-0.2, -0.15) is 0 Å². The average molecular weight is 1270 g/mol. The van der Waals surface area contributed by atoms with Crippen LogP contribution in [0.25, 0.3) is 32.7 Å². The van der Waals surface area contributed by atoms with Gasteiger partial charge in [0.15, 0.2) is 0 Å². The van der Waals surface area contributed by atoms with Crippen molar-refractivity contribution in [1.29, 1.82) is 0 Å². The molecular weight excluding hydrogens is 1210 g/mol. The van der Waals surface area contributed by atoms with Gasteiger partial charge in [-0.15, -0.1) is 0 Å². The van der Waals surface area contributed by atoms with Crippen LogP contribution >= 0.6 is 0 Å². The van der Waals surface area contributed by atoms with Crippen molar-refractivity contribution in [3.63, 3.8) is 0 Å². The molecule has 6 nitrogen and oxygen atoms in total. The highest BCUT2D eigenvalue weighted by atomic mass is 15.2. The second-order valence-electron chi connectivity index (χ2n) is 26.3. The summed E-state index contributed by atoms with van der Waals surface area (Å²) in [5.41, 5.74) is 29.7. The van der Waals surface area contributed by atoms with E-state index in [0.29, 0.717) is 0 Å². The summed E-state index contributed by atoms with van der Waals surface area (Å²) in [6.45, 7) is -0.381. The zero-order valence-electron chi connectivity index (χ0n) is 54.6. The third kappa shape index (κ3) is 8.93. The molecule has 0 N–H and O–H groups in total. The van der Waals surface area contributed by atoms with E-state index in [1.165, 1.54) is 54.7 Å². The van der Waals surface area contributed by atoms with Crippen LogP contribution in [0.5, 0.6) is 0 Å². The number of fused-ring (bicyclic) bond motifs is 10. The van der Waals surface area contributed by atoms with Crippen LogP contribution in [0.15, 0.2) is 376 Å². The van der Waals surface area contributed by atoms with E-state index in [0.717, 1.165) is 113 Å². The number of rotatable bonds is 11. The average Bonchev–Trinajstić information content (AvgIpc) is 0.686. The van der Waals surface area contributed by atoms with Crippen molar-refractivity contribution in [1.82, 2.24) is 0 Å². The minimum atomic E-state index is -0.203. The van der Waals surface area contributed by atoms with Gasteiger partial charge in [-0.1, -0.05) is 249 Å². The smallest absolute Gasteiger partial charge is 0.252 e. The van der Waals surface area contributed by atoms with Crippen molar-refractivity contribution in [3.8, 4) is 11.1 Å². The molecule has 8 heteroatoms. The number of hydrogen-bond acceptors (Lipinski definition) is 6. The van der Waals surface area contributed by atoms with Gasteiger partial charge < -0.3 is 29.4 Å². The van der Waals surface area contributed by atoms with Gasteiger partial charge in [-0.05, 0) is 182 Å². The fourth-order valence-corrected chi connectivity index (χ4v) is 16.9. The van der Waals surface area contributed by atoms with Crippen LogP contribution < -0.4 is 62.2 Å². The lowest BCUT2D eigenvalue weighted by atomic mass is 9.30. The van der Waals surface area contributed by atoms with Gasteiger partial charge >= 0.3 is 0 Å². The molecular formula is C92H62B2N6. The van der Waals surface area contributed by atoms with Crippen LogP contribution in [0.1, 0.15) is 0 Å². The quantitative estimate of drug-likeness (QED) is 0.0943. The molecule has 20 rings (SSSR count). The van der Waals surface area contributed by atoms with Crippen molar-refractivity contribution < 1.29 is 0 Å². The summed E-state index contributed by atoms with van der Waals surface area (Å²) < 4.78 is 0. The van der Waals surface area contributed by atoms with Gasteiger partial charge in [-0.3, -0.25) is 0 Å². The van der Waals surface area contributed by atoms with E-state index < -0.39 is 0 Å². The lowest BCUT2D eigenvalue weighted by Gasteiger charge is -2.48. The maximum atomic E-state index is 2.64. The highest BCUT2D eigenvalue weighted by molar-refractivity contribution is 7.03. The van der Waals surface area contributed by atoms with Crippen molar-refractivity contribution in [2.75, 3.05) is 29.4 Å². The monoisotopic (exact) mass is 1270 g/mol. The third-order valence-electron chi connectivity index (χ3n) is 20.8. The van der Waals surface area contributed by atoms with Crippen molar-refractivity contribution in [3.05, 3.63) is 376 Å². The molecule has 4 heterocycles. The molecule has 0 aromatic heterocycles. The molecule has 4 aliphatic heterocycles. The number of anilines is 18. The first kappa shape index (κ1) is 57.2. The summed E-state index contributed by atoms with van der Waals surface area (Å²) in [7, 11) is 0. The van der Waals surface area contributed by atoms with Crippen molar-refractivity contribution >= 4 is 170 Å². The molecule has 0 bridgehead atoms. The Morgan fingerprint density at radius 1 is 0.200 bits per heavy atom. The predicted molar refractivity (Wildman–Crippen MR) is 424 cm³/mol. The summed E-state index contributed by atoms with van der Waals surface area (Å²) in [4.78, 5) is 15.2. The molecule has 0 atom stereocenters. The van der Waals surface area contributed by atoms with Crippen molar-refractivity contribution in [2.24, 2.45) is 0 Å². The molecule has 0 spiro atoms. The van der Waals surface area contributed by atoms with Crippen LogP contribution in [0.4, 0.5) is 102 Å². The maximum Gasteiger partial charge on any atom is 0.252 e. The summed E-state index contributed by atoms with van der Waals surface area (Å²) in [5.74, 6) is 0. The Morgan fingerprint density at radius 3 is 0.870 bits per heavy atom. The van der Waals surface area contributed by atoms with Crippen molar-refractivity contribution in [2.45, 2.75) is 0 Å². The Labute approximate surface area is 583 Å². The Bertz CT molecular complexity index is 5740. The molecule has 16 aromatic rings. The first-order valence-corrected chi connectivity index (χ1v) is 34.6. The Kier molecular flexibility index (Phi) is 13.4. The summed E-state index contributed by atoms with van der Waals surface area (Å²) in [5, 5.41) is 4.71. The van der Waals surface area contributed by atoms with Gasteiger partial charge in [0.2, 0.25) is 0 Å². The fraction of sp³-hybridized carbons (Fsp3) is 0. The SMILES string of the molecule is c1ccc(-c2c3ccccc3c(N(c3ccccc3)c3cc4c5c(c3)N(c3ccccc3)c3cc6c(cc3B5c3ccccc3N4c3ccccc3)B3c4ccccc4N(c4ccccc4)c4cc(N(c5ccccc5)c5ccccc5)cc(c43)N6c3ccccc3)c3ccccc23)cc1. The topological polar surface area (TPSA) is 19.4 Å². The minimum Gasteiger partial charge on any atom is -0.311 e.